The Morgan fingerprint density at radius 2 is 1.73 bits per heavy atom. The standard InChI is InChI=1S/C14H28O/c1-3-8-12(2)11-14(15)13-9-6-4-5-7-10-13/h12-15H,3-11H2,1-2H3. The molecule has 0 aromatic heterocycles. The first kappa shape index (κ1) is 13.0. The molecule has 0 amide bonds. The van der Waals surface area contributed by atoms with E-state index in [1.54, 1.807) is 0 Å². The highest BCUT2D eigenvalue weighted by molar-refractivity contribution is 4.73. The van der Waals surface area contributed by atoms with E-state index in [-0.39, 0.29) is 6.10 Å². The van der Waals surface area contributed by atoms with Crippen LogP contribution in [0.2, 0.25) is 0 Å². The molecule has 1 fully saturated rings. The maximum Gasteiger partial charge on any atom is 0.0570 e. The molecule has 1 rings (SSSR count). The summed E-state index contributed by atoms with van der Waals surface area (Å²) in [7, 11) is 0. The summed E-state index contributed by atoms with van der Waals surface area (Å²) in [6, 6.07) is 0. The Kier molecular flexibility index (Phi) is 6.31. The van der Waals surface area contributed by atoms with Gasteiger partial charge >= 0.3 is 0 Å². The van der Waals surface area contributed by atoms with Crippen molar-refractivity contribution in [2.24, 2.45) is 11.8 Å². The van der Waals surface area contributed by atoms with Gasteiger partial charge in [0.25, 0.3) is 0 Å². The molecule has 15 heavy (non-hydrogen) atoms. The number of hydrogen-bond acceptors (Lipinski definition) is 1. The smallest absolute Gasteiger partial charge is 0.0570 e. The van der Waals surface area contributed by atoms with Gasteiger partial charge in [0.05, 0.1) is 6.10 Å². The Hall–Kier alpha value is -0.0400. The molecule has 0 saturated heterocycles. The molecule has 1 N–H and O–H groups in total. The van der Waals surface area contributed by atoms with Crippen molar-refractivity contribution in [3.8, 4) is 0 Å². The zero-order valence-corrected chi connectivity index (χ0v) is 10.5. The topological polar surface area (TPSA) is 20.2 Å². The van der Waals surface area contributed by atoms with Crippen molar-refractivity contribution >= 4 is 0 Å². The zero-order chi connectivity index (χ0) is 11.1. The first-order chi connectivity index (χ1) is 7.24. The lowest BCUT2D eigenvalue weighted by Crippen LogP contribution is -2.22. The zero-order valence-electron chi connectivity index (χ0n) is 10.5. The number of aliphatic hydroxyl groups is 1. The number of hydrogen-bond donors (Lipinski definition) is 1. The predicted molar refractivity (Wildman–Crippen MR) is 65.9 cm³/mol. The van der Waals surface area contributed by atoms with E-state index in [0.717, 1.165) is 6.42 Å². The van der Waals surface area contributed by atoms with Crippen LogP contribution in [0.4, 0.5) is 0 Å². The quantitative estimate of drug-likeness (QED) is 0.679. The van der Waals surface area contributed by atoms with Crippen LogP contribution in [-0.2, 0) is 0 Å². The first-order valence-corrected chi connectivity index (χ1v) is 6.92. The third-order valence-electron chi connectivity index (χ3n) is 3.87. The van der Waals surface area contributed by atoms with Crippen LogP contribution in [0.25, 0.3) is 0 Å². The largest absolute Gasteiger partial charge is 0.393 e. The molecule has 0 aliphatic heterocycles. The molecule has 0 radical (unpaired) electrons. The van der Waals surface area contributed by atoms with Crippen molar-refractivity contribution in [2.75, 3.05) is 0 Å². The third kappa shape index (κ3) is 5.01. The highest BCUT2D eigenvalue weighted by atomic mass is 16.3. The second-order valence-electron chi connectivity index (χ2n) is 5.45. The van der Waals surface area contributed by atoms with Gasteiger partial charge in [-0.2, -0.15) is 0 Å². The molecule has 0 heterocycles. The van der Waals surface area contributed by atoms with Gasteiger partial charge in [0, 0.05) is 0 Å². The minimum absolute atomic E-state index is 0.0235. The molecule has 1 aliphatic carbocycles. The second kappa shape index (κ2) is 7.27. The summed E-state index contributed by atoms with van der Waals surface area (Å²) >= 11 is 0. The van der Waals surface area contributed by atoms with Crippen LogP contribution in [-0.4, -0.2) is 11.2 Å². The van der Waals surface area contributed by atoms with Gasteiger partial charge in [0.1, 0.15) is 0 Å². The first-order valence-electron chi connectivity index (χ1n) is 6.92. The summed E-state index contributed by atoms with van der Waals surface area (Å²) in [6.45, 7) is 4.51. The molecule has 2 atom stereocenters. The summed E-state index contributed by atoms with van der Waals surface area (Å²) in [5.41, 5.74) is 0. The summed E-state index contributed by atoms with van der Waals surface area (Å²) < 4.78 is 0. The maximum atomic E-state index is 10.2. The van der Waals surface area contributed by atoms with Crippen LogP contribution in [0.15, 0.2) is 0 Å². The maximum absolute atomic E-state index is 10.2. The van der Waals surface area contributed by atoms with Crippen molar-refractivity contribution in [1.82, 2.24) is 0 Å². The molecule has 1 heteroatoms. The molecule has 0 bridgehead atoms. The van der Waals surface area contributed by atoms with E-state index in [4.69, 9.17) is 0 Å². The lowest BCUT2D eigenvalue weighted by atomic mass is 9.87. The Labute approximate surface area is 95.3 Å². The third-order valence-corrected chi connectivity index (χ3v) is 3.87. The molecule has 0 aromatic carbocycles. The van der Waals surface area contributed by atoms with Crippen LogP contribution in [0.1, 0.15) is 71.6 Å². The van der Waals surface area contributed by atoms with Gasteiger partial charge in [-0.1, -0.05) is 52.4 Å². The van der Waals surface area contributed by atoms with Crippen molar-refractivity contribution in [3.63, 3.8) is 0 Å². The summed E-state index contributed by atoms with van der Waals surface area (Å²) in [5, 5.41) is 10.2. The SMILES string of the molecule is CCCC(C)CC(O)C1CCCCCC1. The monoisotopic (exact) mass is 212 g/mol. The van der Waals surface area contributed by atoms with E-state index in [1.165, 1.54) is 51.4 Å². The Balaban J connectivity index is 2.27. The fraction of sp³-hybridized carbons (Fsp3) is 1.00. The van der Waals surface area contributed by atoms with E-state index in [1.807, 2.05) is 0 Å². The molecule has 1 nitrogen and oxygen atoms in total. The van der Waals surface area contributed by atoms with E-state index in [2.05, 4.69) is 13.8 Å². The van der Waals surface area contributed by atoms with Crippen molar-refractivity contribution < 1.29 is 5.11 Å². The van der Waals surface area contributed by atoms with E-state index < -0.39 is 0 Å². The highest BCUT2D eigenvalue weighted by Gasteiger charge is 2.21. The van der Waals surface area contributed by atoms with Crippen LogP contribution in [0.3, 0.4) is 0 Å². The van der Waals surface area contributed by atoms with Crippen LogP contribution >= 0.6 is 0 Å². The lowest BCUT2D eigenvalue weighted by Gasteiger charge is -2.24. The molecule has 0 spiro atoms. The van der Waals surface area contributed by atoms with Crippen LogP contribution in [0.5, 0.6) is 0 Å². The van der Waals surface area contributed by atoms with E-state index >= 15 is 0 Å². The summed E-state index contributed by atoms with van der Waals surface area (Å²) in [5.74, 6) is 1.31. The molecule has 2 unspecified atom stereocenters. The van der Waals surface area contributed by atoms with Gasteiger partial charge in [-0.3, -0.25) is 0 Å². The second-order valence-corrected chi connectivity index (χ2v) is 5.45. The Morgan fingerprint density at radius 3 is 2.27 bits per heavy atom. The van der Waals surface area contributed by atoms with Gasteiger partial charge in [-0.15, -0.1) is 0 Å². The Morgan fingerprint density at radius 1 is 1.13 bits per heavy atom. The van der Waals surface area contributed by atoms with E-state index in [0.29, 0.717) is 11.8 Å². The summed E-state index contributed by atoms with van der Waals surface area (Å²) in [4.78, 5) is 0. The fourth-order valence-corrected chi connectivity index (χ4v) is 2.91. The fourth-order valence-electron chi connectivity index (χ4n) is 2.91. The molecular formula is C14H28O. The van der Waals surface area contributed by atoms with Crippen LogP contribution < -0.4 is 0 Å². The molecule has 1 aliphatic rings. The van der Waals surface area contributed by atoms with Crippen LogP contribution in [0, 0.1) is 11.8 Å². The van der Waals surface area contributed by atoms with Gasteiger partial charge < -0.3 is 5.11 Å². The lowest BCUT2D eigenvalue weighted by molar-refractivity contribution is 0.0747. The average molecular weight is 212 g/mol. The minimum atomic E-state index is -0.0235. The molecule has 1 saturated carbocycles. The van der Waals surface area contributed by atoms with Gasteiger partial charge in [0.2, 0.25) is 0 Å². The normalized spacial score (nSPS) is 23.4. The van der Waals surface area contributed by atoms with Gasteiger partial charge in [0.15, 0.2) is 0 Å². The van der Waals surface area contributed by atoms with Gasteiger partial charge in [-0.05, 0) is 31.1 Å². The molecular weight excluding hydrogens is 184 g/mol. The minimum Gasteiger partial charge on any atom is -0.393 e. The average Bonchev–Trinajstić information content (AvgIpc) is 2.45. The molecule has 90 valence electrons. The van der Waals surface area contributed by atoms with Gasteiger partial charge in [-0.25, -0.2) is 0 Å². The number of rotatable bonds is 5. The Bertz CT molecular complexity index is 147. The predicted octanol–water partition coefficient (Wildman–Crippen LogP) is 4.14. The highest BCUT2D eigenvalue weighted by Crippen LogP contribution is 2.28. The van der Waals surface area contributed by atoms with E-state index in [9.17, 15) is 5.11 Å². The van der Waals surface area contributed by atoms with Crippen molar-refractivity contribution in [3.05, 3.63) is 0 Å². The van der Waals surface area contributed by atoms with Crippen molar-refractivity contribution in [1.29, 1.82) is 0 Å². The number of aliphatic hydroxyl groups excluding tert-OH is 1. The molecule has 0 aromatic rings. The summed E-state index contributed by atoms with van der Waals surface area (Å²) in [6.07, 6.45) is 11.5. The van der Waals surface area contributed by atoms with Crippen molar-refractivity contribution in [2.45, 2.75) is 77.7 Å².